The first-order valence-electron chi connectivity index (χ1n) is 9.00. The molecule has 4 rings (SSSR count). The maximum absolute atomic E-state index is 5.89. The van der Waals surface area contributed by atoms with Gasteiger partial charge in [-0.25, -0.2) is 4.98 Å². The summed E-state index contributed by atoms with van der Waals surface area (Å²) in [6.07, 6.45) is 0. The molecule has 0 spiro atoms. The highest BCUT2D eigenvalue weighted by Crippen LogP contribution is 2.27. The number of nitrogens with zero attached hydrogens (tertiary/aromatic N) is 4. The van der Waals surface area contributed by atoms with Gasteiger partial charge in [0.15, 0.2) is 11.0 Å². The maximum atomic E-state index is 5.89. The first-order chi connectivity index (χ1) is 14.1. The van der Waals surface area contributed by atoms with Gasteiger partial charge < -0.3 is 9.30 Å². The van der Waals surface area contributed by atoms with Crippen molar-refractivity contribution in [3.8, 4) is 17.1 Å². The molecule has 2 heterocycles. The van der Waals surface area contributed by atoms with Gasteiger partial charge in [-0.1, -0.05) is 47.6 Å². The van der Waals surface area contributed by atoms with E-state index in [2.05, 4.69) is 39.6 Å². The molecule has 2 aromatic heterocycles. The molecule has 5 nitrogen and oxygen atoms in total. The molecule has 0 aliphatic rings. The zero-order chi connectivity index (χ0) is 20.2. The van der Waals surface area contributed by atoms with Crippen LogP contribution in [-0.4, -0.2) is 19.7 Å². The second kappa shape index (κ2) is 8.98. The molecule has 0 amide bonds. The van der Waals surface area contributed by atoms with Crippen LogP contribution in [0.4, 0.5) is 0 Å². The Hall–Kier alpha value is -2.35. The van der Waals surface area contributed by atoms with Crippen LogP contribution < -0.4 is 4.74 Å². The van der Waals surface area contributed by atoms with Gasteiger partial charge in [0, 0.05) is 28.8 Å². The Bertz CT molecular complexity index is 1110. The van der Waals surface area contributed by atoms with Gasteiger partial charge in [0.1, 0.15) is 17.4 Å². The summed E-state index contributed by atoms with van der Waals surface area (Å²) in [5.41, 5.74) is 3.30. The minimum Gasteiger partial charge on any atom is -0.486 e. The molecule has 0 unspecified atom stereocenters. The fraction of sp³-hybridized carbons (Fsp3) is 0.190. The van der Waals surface area contributed by atoms with Crippen LogP contribution in [0.2, 0.25) is 5.02 Å². The Kier molecular flexibility index (Phi) is 6.18. The number of aromatic nitrogens is 4. The number of aryl methyl sites for hydroxylation is 1. The molecule has 0 aliphatic heterocycles. The second-order valence-corrected chi connectivity index (χ2v) is 8.77. The summed E-state index contributed by atoms with van der Waals surface area (Å²) in [5.74, 6) is 2.39. The van der Waals surface area contributed by atoms with Crippen molar-refractivity contribution >= 4 is 34.7 Å². The molecule has 4 aromatic rings. The van der Waals surface area contributed by atoms with Gasteiger partial charge in [-0.05, 0) is 36.8 Å². The van der Waals surface area contributed by atoms with E-state index in [9.17, 15) is 0 Å². The summed E-state index contributed by atoms with van der Waals surface area (Å²) < 4.78 is 7.79. The van der Waals surface area contributed by atoms with E-state index in [4.69, 9.17) is 16.3 Å². The molecule has 0 N–H and O–H groups in total. The van der Waals surface area contributed by atoms with Gasteiger partial charge in [-0.2, -0.15) is 0 Å². The topological polar surface area (TPSA) is 52.8 Å². The molecule has 0 saturated heterocycles. The summed E-state index contributed by atoms with van der Waals surface area (Å²) in [5, 5.41) is 13.3. The molecule has 0 bridgehead atoms. The lowest BCUT2D eigenvalue weighted by atomic mass is 10.1. The monoisotopic (exact) mass is 442 g/mol. The molecule has 0 aliphatic carbocycles. The highest BCUT2D eigenvalue weighted by atomic mass is 35.5. The van der Waals surface area contributed by atoms with Crippen LogP contribution in [0.1, 0.15) is 16.3 Å². The van der Waals surface area contributed by atoms with Gasteiger partial charge in [-0.15, -0.1) is 21.5 Å². The largest absolute Gasteiger partial charge is 0.486 e. The van der Waals surface area contributed by atoms with Crippen molar-refractivity contribution in [2.75, 3.05) is 0 Å². The van der Waals surface area contributed by atoms with Crippen molar-refractivity contribution in [1.82, 2.24) is 19.7 Å². The van der Waals surface area contributed by atoms with Gasteiger partial charge in [-0.3, -0.25) is 0 Å². The van der Waals surface area contributed by atoms with E-state index in [0.29, 0.717) is 11.6 Å². The van der Waals surface area contributed by atoms with Crippen LogP contribution in [0.15, 0.2) is 59.1 Å². The number of rotatable bonds is 7. The highest BCUT2D eigenvalue weighted by Gasteiger charge is 2.13. The van der Waals surface area contributed by atoms with Crippen molar-refractivity contribution < 1.29 is 4.74 Å². The third-order valence-electron chi connectivity index (χ3n) is 4.35. The lowest BCUT2D eigenvalue weighted by Gasteiger charge is -2.05. The highest BCUT2D eigenvalue weighted by molar-refractivity contribution is 7.98. The Balaban J connectivity index is 1.36. The predicted molar refractivity (Wildman–Crippen MR) is 119 cm³/mol. The number of thiazole rings is 1. The molecule has 0 radical (unpaired) electrons. The minimum atomic E-state index is 0.443. The lowest BCUT2D eigenvalue weighted by molar-refractivity contribution is 0.305. The summed E-state index contributed by atoms with van der Waals surface area (Å²) in [6.45, 7) is 2.53. The number of benzene rings is 2. The SMILES string of the molecule is Cc1ccccc1-c1nnc(SCc2csc(COc3ccc(Cl)cc3)n2)n1C. The predicted octanol–water partition coefficient (Wildman–Crippen LogP) is 5.77. The summed E-state index contributed by atoms with van der Waals surface area (Å²) in [4.78, 5) is 4.66. The van der Waals surface area contributed by atoms with E-state index < -0.39 is 0 Å². The Morgan fingerprint density at radius 3 is 2.69 bits per heavy atom. The number of thioether (sulfide) groups is 1. The second-order valence-electron chi connectivity index (χ2n) is 6.44. The van der Waals surface area contributed by atoms with E-state index in [1.807, 2.05) is 48.0 Å². The summed E-state index contributed by atoms with van der Waals surface area (Å²) in [7, 11) is 2.00. The van der Waals surface area contributed by atoms with Crippen LogP contribution in [-0.2, 0) is 19.4 Å². The van der Waals surface area contributed by atoms with Crippen molar-refractivity contribution in [1.29, 1.82) is 0 Å². The lowest BCUT2D eigenvalue weighted by Crippen LogP contribution is -1.97. The Morgan fingerprint density at radius 2 is 1.90 bits per heavy atom. The first kappa shape index (κ1) is 19.9. The van der Waals surface area contributed by atoms with Gasteiger partial charge in [0.25, 0.3) is 0 Å². The Morgan fingerprint density at radius 1 is 1.10 bits per heavy atom. The molecule has 0 saturated carbocycles. The van der Waals surface area contributed by atoms with Gasteiger partial charge >= 0.3 is 0 Å². The van der Waals surface area contributed by atoms with Crippen LogP contribution in [0, 0.1) is 6.92 Å². The molecular formula is C21H19ClN4OS2. The summed E-state index contributed by atoms with van der Waals surface area (Å²) in [6, 6.07) is 15.5. The van der Waals surface area contributed by atoms with E-state index in [-0.39, 0.29) is 0 Å². The molecule has 0 fully saturated rings. The molecule has 0 atom stereocenters. The van der Waals surface area contributed by atoms with E-state index in [1.54, 1.807) is 23.1 Å². The fourth-order valence-electron chi connectivity index (χ4n) is 2.79. The average Bonchev–Trinajstić information content (AvgIpc) is 3.33. The van der Waals surface area contributed by atoms with Crippen molar-refractivity contribution in [2.24, 2.45) is 7.05 Å². The average molecular weight is 443 g/mol. The molecule has 148 valence electrons. The molecule has 29 heavy (non-hydrogen) atoms. The normalized spacial score (nSPS) is 11.0. The van der Waals surface area contributed by atoms with Crippen molar-refractivity contribution in [3.05, 3.63) is 75.2 Å². The van der Waals surface area contributed by atoms with E-state index in [1.165, 1.54) is 5.56 Å². The van der Waals surface area contributed by atoms with E-state index >= 15 is 0 Å². The zero-order valence-electron chi connectivity index (χ0n) is 16.0. The van der Waals surface area contributed by atoms with Gasteiger partial charge in [0.05, 0.1) is 5.69 Å². The van der Waals surface area contributed by atoms with Crippen LogP contribution in [0.25, 0.3) is 11.4 Å². The molecular weight excluding hydrogens is 424 g/mol. The third-order valence-corrected chi connectivity index (χ3v) is 6.52. The minimum absolute atomic E-state index is 0.443. The quantitative estimate of drug-likeness (QED) is 0.340. The number of hydrogen-bond acceptors (Lipinski definition) is 6. The standard InChI is InChI=1S/C21H19ClN4OS2/c1-14-5-3-4-6-18(14)20-24-25-21(26(20)2)29-13-16-12-28-19(23-16)11-27-17-9-7-15(22)8-10-17/h3-10,12H,11,13H2,1-2H3. The zero-order valence-corrected chi connectivity index (χ0v) is 18.4. The maximum Gasteiger partial charge on any atom is 0.191 e. The third kappa shape index (κ3) is 4.80. The fourth-order valence-corrected chi connectivity index (χ4v) is 4.53. The van der Waals surface area contributed by atoms with Gasteiger partial charge in [0.2, 0.25) is 0 Å². The number of halogens is 1. The van der Waals surface area contributed by atoms with Crippen molar-refractivity contribution in [2.45, 2.75) is 24.4 Å². The first-order valence-corrected chi connectivity index (χ1v) is 11.2. The summed E-state index contributed by atoms with van der Waals surface area (Å²) >= 11 is 9.12. The van der Waals surface area contributed by atoms with Crippen LogP contribution in [0.3, 0.4) is 0 Å². The molecule has 2 aromatic carbocycles. The van der Waals surface area contributed by atoms with Crippen molar-refractivity contribution in [3.63, 3.8) is 0 Å². The van der Waals surface area contributed by atoms with Crippen LogP contribution >= 0.6 is 34.7 Å². The smallest absolute Gasteiger partial charge is 0.191 e. The van der Waals surface area contributed by atoms with E-state index in [0.717, 1.165) is 38.7 Å². The number of hydrogen-bond donors (Lipinski definition) is 0. The Labute approximate surface area is 182 Å². The van der Waals surface area contributed by atoms with Crippen LogP contribution in [0.5, 0.6) is 5.75 Å². The molecule has 8 heteroatoms. The number of ether oxygens (including phenoxy) is 1.